The van der Waals surface area contributed by atoms with Crippen LogP contribution < -0.4 is 15.4 Å². The first-order valence-corrected chi connectivity index (χ1v) is 8.54. The van der Waals surface area contributed by atoms with Gasteiger partial charge in [0.05, 0.1) is 12.8 Å². The summed E-state index contributed by atoms with van der Waals surface area (Å²) in [5.74, 6) is 0.249. The van der Waals surface area contributed by atoms with Crippen LogP contribution in [0.2, 0.25) is 0 Å². The molecule has 0 saturated carbocycles. The van der Waals surface area contributed by atoms with Crippen molar-refractivity contribution in [2.24, 2.45) is 0 Å². The molecular formula is C22H20N2O3. The van der Waals surface area contributed by atoms with Crippen LogP contribution in [0.15, 0.2) is 78.9 Å². The van der Waals surface area contributed by atoms with Crippen molar-refractivity contribution in [3.8, 4) is 5.75 Å². The fourth-order valence-corrected chi connectivity index (χ4v) is 2.59. The number of benzene rings is 3. The number of rotatable bonds is 6. The molecule has 0 radical (unpaired) electrons. The number of carbonyl (C=O) groups is 2. The van der Waals surface area contributed by atoms with Crippen LogP contribution in [0.4, 0.5) is 5.69 Å². The van der Waals surface area contributed by atoms with Gasteiger partial charge in [0.2, 0.25) is 0 Å². The summed E-state index contributed by atoms with van der Waals surface area (Å²) in [6.45, 7) is 0.391. The summed E-state index contributed by atoms with van der Waals surface area (Å²) >= 11 is 0. The van der Waals surface area contributed by atoms with Crippen molar-refractivity contribution < 1.29 is 14.3 Å². The molecule has 0 aliphatic heterocycles. The third kappa shape index (κ3) is 4.73. The van der Waals surface area contributed by atoms with Gasteiger partial charge in [0, 0.05) is 17.7 Å². The number of hydrogen-bond donors (Lipinski definition) is 2. The maximum atomic E-state index is 12.4. The Morgan fingerprint density at radius 2 is 1.41 bits per heavy atom. The number of nitrogens with one attached hydrogen (secondary N) is 2. The molecule has 0 unspecified atom stereocenters. The van der Waals surface area contributed by atoms with Gasteiger partial charge in [-0.1, -0.05) is 42.5 Å². The summed E-state index contributed by atoms with van der Waals surface area (Å²) in [6.07, 6.45) is 0. The molecule has 0 aliphatic rings. The van der Waals surface area contributed by atoms with Crippen molar-refractivity contribution in [1.29, 1.82) is 0 Å². The second kappa shape index (κ2) is 8.67. The van der Waals surface area contributed by atoms with E-state index in [1.54, 1.807) is 43.5 Å². The molecule has 3 rings (SSSR count). The van der Waals surface area contributed by atoms with E-state index >= 15 is 0 Å². The summed E-state index contributed by atoms with van der Waals surface area (Å²) in [4.78, 5) is 24.5. The van der Waals surface area contributed by atoms with Gasteiger partial charge in [-0.15, -0.1) is 0 Å². The number of anilines is 1. The van der Waals surface area contributed by atoms with Crippen molar-refractivity contribution in [1.82, 2.24) is 5.32 Å². The molecule has 0 aliphatic carbocycles. The Kier molecular flexibility index (Phi) is 5.84. The van der Waals surface area contributed by atoms with Crippen LogP contribution in [0.5, 0.6) is 5.75 Å². The fraction of sp³-hybridized carbons (Fsp3) is 0.0909. The van der Waals surface area contributed by atoms with Crippen LogP contribution in [0.3, 0.4) is 0 Å². The van der Waals surface area contributed by atoms with Gasteiger partial charge in [-0.3, -0.25) is 9.59 Å². The second-order valence-corrected chi connectivity index (χ2v) is 5.90. The molecule has 0 bridgehead atoms. The first-order chi connectivity index (χ1) is 13.2. The van der Waals surface area contributed by atoms with E-state index in [1.165, 1.54) is 0 Å². The molecule has 0 fully saturated rings. The standard InChI is InChI=1S/C22H20N2O3/c1-27-20-10-6-5-9-19(20)24-22(26)18-13-11-16(12-14-18)15-23-21(25)17-7-3-2-4-8-17/h2-14H,15H2,1H3,(H,23,25)(H,24,26). The third-order valence-electron chi connectivity index (χ3n) is 4.06. The average molecular weight is 360 g/mol. The average Bonchev–Trinajstić information content (AvgIpc) is 2.73. The molecule has 27 heavy (non-hydrogen) atoms. The fourth-order valence-electron chi connectivity index (χ4n) is 2.59. The molecule has 2 amide bonds. The van der Waals surface area contributed by atoms with Crippen molar-refractivity contribution in [2.45, 2.75) is 6.54 Å². The molecule has 3 aromatic carbocycles. The molecule has 136 valence electrons. The first kappa shape index (κ1) is 18.2. The zero-order chi connectivity index (χ0) is 19.1. The van der Waals surface area contributed by atoms with Crippen molar-refractivity contribution in [3.63, 3.8) is 0 Å². The lowest BCUT2D eigenvalue weighted by atomic mass is 10.1. The predicted octanol–water partition coefficient (Wildman–Crippen LogP) is 3.88. The molecular weight excluding hydrogens is 340 g/mol. The minimum absolute atomic E-state index is 0.131. The number of ether oxygens (including phenoxy) is 1. The molecule has 2 N–H and O–H groups in total. The lowest BCUT2D eigenvalue weighted by Crippen LogP contribution is -2.22. The largest absolute Gasteiger partial charge is 0.495 e. The van der Waals surface area contributed by atoms with E-state index in [2.05, 4.69) is 10.6 Å². The lowest BCUT2D eigenvalue weighted by Gasteiger charge is -2.10. The maximum Gasteiger partial charge on any atom is 0.255 e. The van der Waals surface area contributed by atoms with E-state index in [1.807, 2.05) is 42.5 Å². The second-order valence-electron chi connectivity index (χ2n) is 5.90. The van der Waals surface area contributed by atoms with Gasteiger partial charge in [-0.05, 0) is 42.0 Å². The normalized spacial score (nSPS) is 10.1. The summed E-state index contributed by atoms with van der Waals surface area (Å²) < 4.78 is 5.24. The molecule has 5 heteroatoms. The zero-order valence-corrected chi connectivity index (χ0v) is 14.9. The molecule has 0 spiro atoms. The Labute approximate surface area is 158 Å². The van der Waals surface area contributed by atoms with Crippen molar-refractivity contribution >= 4 is 17.5 Å². The Morgan fingerprint density at radius 3 is 2.11 bits per heavy atom. The lowest BCUT2D eigenvalue weighted by molar-refractivity contribution is 0.0950. The number of para-hydroxylation sites is 2. The van der Waals surface area contributed by atoms with Crippen LogP contribution >= 0.6 is 0 Å². The van der Waals surface area contributed by atoms with E-state index in [0.29, 0.717) is 29.1 Å². The minimum atomic E-state index is -0.223. The molecule has 0 atom stereocenters. The topological polar surface area (TPSA) is 67.4 Å². The van der Waals surface area contributed by atoms with Gasteiger partial charge in [0.15, 0.2) is 0 Å². The number of carbonyl (C=O) groups excluding carboxylic acids is 2. The summed E-state index contributed by atoms with van der Waals surface area (Å²) in [5, 5.41) is 5.70. The SMILES string of the molecule is COc1ccccc1NC(=O)c1ccc(CNC(=O)c2ccccc2)cc1. The van der Waals surface area contributed by atoms with Gasteiger partial charge < -0.3 is 15.4 Å². The molecule has 0 saturated heterocycles. The summed E-state index contributed by atoms with van der Waals surface area (Å²) in [5.41, 5.74) is 2.67. The number of hydrogen-bond acceptors (Lipinski definition) is 3. The first-order valence-electron chi connectivity index (χ1n) is 8.54. The van der Waals surface area contributed by atoms with E-state index in [4.69, 9.17) is 4.74 Å². The third-order valence-corrected chi connectivity index (χ3v) is 4.06. The monoisotopic (exact) mass is 360 g/mol. The highest BCUT2D eigenvalue weighted by molar-refractivity contribution is 6.05. The predicted molar refractivity (Wildman–Crippen MR) is 105 cm³/mol. The van der Waals surface area contributed by atoms with Crippen molar-refractivity contribution in [2.75, 3.05) is 12.4 Å². The summed E-state index contributed by atoms with van der Waals surface area (Å²) in [7, 11) is 1.56. The van der Waals surface area contributed by atoms with Gasteiger partial charge in [-0.2, -0.15) is 0 Å². The van der Waals surface area contributed by atoms with Crippen LogP contribution in [-0.4, -0.2) is 18.9 Å². The molecule has 0 heterocycles. The smallest absolute Gasteiger partial charge is 0.255 e. The highest BCUT2D eigenvalue weighted by atomic mass is 16.5. The molecule has 3 aromatic rings. The van der Waals surface area contributed by atoms with E-state index in [-0.39, 0.29) is 11.8 Å². The van der Waals surface area contributed by atoms with Gasteiger partial charge in [0.25, 0.3) is 11.8 Å². The Balaban J connectivity index is 1.60. The minimum Gasteiger partial charge on any atom is -0.495 e. The summed E-state index contributed by atoms with van der Waals surface area (Å²) in [6, 6.07) is 23.4. The van der Waals surface area contributed by atoms with Crippen LogP contribution in [-0.2, 0) is 6.54 Å². The van der Waals surface area contributed by atoms with E-state index < -0.39 is 0 Å². The zero-order valence-electron chi connectivity index (χ0n) is 14.9. The number of amides is 2. The number of methoxy groups -OCH3 is 1. The van der Waals surface area contributed by atoms with Gasteiger partial charge >= 0.3 is 0 Å². The highest BCUT2D eigenvalue weighted by Crippen LogP contribution is 2.23. The quantitative estimate of drug-likeness (QED) is 0.701. The van der Waals surface area contributed by atoms with E-state index in [9.17, 15) is 9.59 Å². The van der Waals surface area contributed by atoms with Gasteiger partial charge in [0.1, 0.15) is 5.75 Å². The molecule has 0 aromatic heterocycles. The van der Waals surface area contributed by atoms with Gasteiger partial charge in [-0.25, -0.2) is 0 Å². The Hall–Kier alpha value is -3.60. The van der Waals surface area contributed by atoms with E-state index in [0.717, 1.165) is 5.56 Å². The molecule has 5 nitrogen and oxygen atoms in total. The van der Waals surface area contributed by atoms with Crippen LogP contribution in [0, 0.1) is 0 Å². The Morgan fingerprint density at radius 1 is 0.778 bits per heavy atom. The maximum absolute atomic E-state index is 12.4. The van der Waals surface area contributed by atoms with Crippen LogP contribution in [0.25, 0.3) is 0 Å². The van der Waals surface area contributed by atoms with Crippen molar-refractivity contribution in [3.05, 3.63) is 95.6 Å². The van der Waals surface area contributed by atoms with Crippen LogP contribution in [0.1, 0.15) is 26.3 Å². The highest BCUT2D eigenvalue weighted by Gasteiger charge is 2.10. The Bertz CT molecular complexity index is 922.